The second kappa shape index (κ2) is 6.93. The number of amides is 1. The number of fused-ring (bicyclic) bond motifs is 2. The number of nitrogens with one attached hydrogen (secondary N) is 1. The van der Waals surface area contributed by atoms with Gasteiger partial charge in [-0.3, -0.25) is 9.00 Å². The molecule has 2 heterocycles. The summed E-state index contributed by atoms with van der Waals surface area (Å²) in [6.45, 7) is 0. The molecule has 144 valence electrons. The molecule has 4 aromatic rings. The second-order valence-electron chi connectivity index (χ2n) is 6.87. The number of benzene rings is 3. The molecule has 0 radical (unpaired) electrons. The molecule has 0 bridgehead atoms. The van der Waals surface area contributed by atoms with Crippen LogP contribution in [0.1, 0.15) is 21.6 Å². The highest BCUT2D eigenvalue weighted by atomic mass is 32.2. The molecule has 5 nitrogen and oxygen atoms in total. The van der Waals surface area contributed by atoms with Crippen LogP contribution in [-0.2, 0) is 22.3 Å². The minimum atomic E-state index is -1.04. The highest BCUT2D eigenvalue weighted by Crippen LogP contribution is 2.32. The maximum atomic E-state index is 13.4. The van der Waals surface area contributed by atoms with Crippen molar-refractivity contribution in [3.05, 3.63) is 89.4 Å². The minimum absolute atomic E-state index is 0.273. The van der Waals surface area contributed by atoms with Gasteiger partial charge < -0.3 is 5.32 Å². The molecule has 29 heavy (non-hydrogen) atoms. The first-order chi connectivity index (χ1) is 14.1. The normalized spacial score (nSPS) is 15.4. The molecular formula is C22H16FN3O2S. The maximum absolute atomic E-state index is 13.4. The van der Waals surface area contributed by atoms with E-state index >= 15 is 0 Å². The third kappa shape index (κ3) is 3.13. The first-order valence-corrected chi connectivity index (χ1v) is 10.6. The maximum Gasteiger partial charge on any atom is 0.257 e. The van der Waals surface area contributed by atoms with Gasteiger partial charge in [0.1, 0.15) is 11.6 Å². The van der Waals surface area contributed by atoms with E-state index in [1.807, 2.05) is 36.4 Å². The van der Waals surface area contributed by atoms with E-state index < -0.39 is 10.8 Å². The van der Waals surface area contributed by atoms with E-state index in [1.54, 1.807) is 22.9 Å². The van der Waals surface area contributed by atoms with Crippen molar-refractivity contribution in [2.75, 3.05) is 5.32 Å². The predicted molar refractivity (Wildman–Crippen MR) is 111 cm³/mol. The number of aromatic nitrogens is 2. The number of nitrogens with zero attached hydrogens (tertiary/aromatic N) is 2. The summed E-state index contributed by atoms with van der Waals surface area (Å²) in [6, 6.07) is 19.1. The molecule has 0 saturated carbocycles. The summed E-state index contributed by atoms with van der Waals surface area (Å²) in [5, 5.41) is 9.32. The fourth-order valence-corrected chi connectivity index (χ4v) is 4.89. The lowest BCUT2D eigenvalue weighted by Gasteiger charge is -2.12. The number of anilines is 1. The van der Waals surface area contributed by atoms with Crippen LogP contribution in [-0.4, -0.2) is 19.9 Å². The van der Waals surface area contributed by atoms with Crippen molar-refractivity contribution in [1.29, 1.82) is 0 Å². The van der Waals surface area contributed by atoms with Gasteiger partial charge in [0, 0.05) is 21.9 Å². The van der Waals surface area contributed by atoms with Crippen LogP contribution in [0.15, 0.2) is 66.7 Å². The van der Waals surface area contributed by atoms with E-state index in [1.165, 1.54) is 12.1 Å². The molecule has 1 aromatic heterocycles. The number of carbonyl (C=O) groups excluding carboxylic acids is 1. The van der Waals surface area contributed by atoms with Crippen LogP contribution < -0.4 is 5.32 Å². The monoisotopic (exact) mass is 405 g/mol. The third-order valence-electron chi connectivity index (χ3n) is 5.01. The lowest BCUT2D eigenvalue weighted by molar-refractivity contribution is 0.102. The Balaban J connectivity index is 1.59. The summed E-state index contributed by atoms with van der Waals surface area (Å²) in [5.74, 6) is 0.541. The predicted octanol–water partition coefficient (Wildman–Crippen LogP) is 4.18. The zero-order valence-corrected chi connectivity index (χ0v) is 16.1. The van der Waals surface area contributed by atoms with Gasteiger partial charge >= 0.3 is 0 Å². The molecule has 1 amide bonds. The average Bonchev–Trinajstić information content (AvgIpc) is 3.25. The molecule has 1 aliphatic rings. The molecule has 1 atom stereocenters. The van der Waals surface area contributed by atoms with Crippen LogP contribution in [0.2, 0.25) is 0 Å². The van der Waals surface area contributed by atoms with E-state index in [2.05, 4.69) is 10.4 Å². The molecule has 7 heteroatoms. The largest absolute Gasteiger partial charge is 0.306 e. The van der Waals surface area contributed by atoms with Gasteiger partial charge in [-0.1, -0.05) is 36.4 Å². The summed E-state index contributed by atoms with van der Waals surface area (Å²) < 4.78 is 27.0. The third-order valence-corrected chi connectivity index (χ3v) is 6.21. The SMILES string of the molecule is O=C(Nc1c2c(nn1-c1ccc(F)cc1)CS(=O)C2)c1cccc2ccccc12. The first kappa shape index (κ1) is 17.8. The van der Waals surface area contributed by atoms with Crippen molar-refractivity contribution in [1.82, 2.24) is 9.78 Å². The summed E-state index contributed by atoms with van der Waals surface area (Å²) in [4.78, 5) is 13.2. The molecule has 0 spiro atoms. The van der Waals surface area contributed by atoms with Gasteiger partial charge in [0.25, 0.3) is 5.91 Å². The van der Waals surface area contributed by atoms with Crippen molar-refractivity contribution >= 4 is 33.3 Å². The van der Waals surface area contributed by atoms with Crippen molar-refractivity contribution in [2.45, 2.75) is 11.5 Å². The zero-order valence-electron chi connectivity index (χ0n) is 15.3. The minimum Gasteiger partial charge on any atom is -0.306 e. The molecule has 0 aliphatic carbocycles. The standard InChI is InChI=1S/C22H16FN3O2S/c23-15-8-10-16(11-9-15)26-21(19-12-29(28)13-20(19)25-26)24-22(27)18-7-3-5-14-4-1-2-6-17(14)18/h1-11H,12-13H2,(H,24,27). The molecule has 1 unspecified atom stereocenters. The Kier molecular flexibility index (Phi) is 4.24. The molecule has 5 rings (SSSR count). The summed E-state index contributed by atoms with van der Waals surface area (Å²) >= 11 is 0. The Morgan fingerprint density at radius 1 is 1.00 bits per heavy atom. The van der Waals surface area contributed by atoms with Crippen LogP contribution >= 0.6 is 0 Å². The molecule has 3 aromatic carbocycles. The van der Waals surface area contributed by atoms with Crippen molar-refractivity contribution in [3.63, 3.8) is 0 Å². The van der Waals surface area contributed by atoms with Crippen LogP contribution in [0, 0.1) is 5.82 Å². The first-order valence-electron chi connectivity index (χ1n) is 9.11. The highest BCUT2D eigenvalue weighted by Gasteiger charge is 2.28. The topological polar surface area (TPSA) is 64.0 Å². The zero-order chi connectivity index (χ0) is 20.0. The van der Waals surface area contributed by atoms with Gasteiger partial charge in [0.05, 0.1) is 22.9 Å². The number of carbonyl (C=O) groups is 1. The summed E-state index contributed by atoms with van der Waals surface area (Å²) in [6.07, 6.45) is 0. The fraction of sp³-hybridized carbons (Fsp3) is 0.0909. The Bertz CT molecular complexity index is 1280. The fourth-order valence-electron chi connectivity index (χ4n) is 3.62. The van der Waals surface area contributed by atoms with E-state index in [4.69, 9.17) is 0 Å². The average molecular weight is 405 g/mol. The van der Waals surface area contributed by atoms with Crippen LogP contribution in [0.4, 0.5) is 10.2 Å². The molecule has 0 saturated heterocycles. The van der Waals surface area contributed by atoms with E-state index in [0.29, 0.717) is 34.3 Å². The van der Waals surface area contributed by atoms with E-state index in [9.17, 15) is 13.4 Å². The molecule has 0 fully saturated rings. The smallest absolute Gasteiger partial charge is 0.257 e. The Morgan fingerprint density at radius 2 is 1.76 bits per heavy atom. The lowest BCUT2D eigenvalue weighted by Crippen LogP contribution is -2.17. The van der Waals surface area contributed by atoms with Gasteiger partial charge in [-0.15, -0.1) is 0 Å². The van der Waals surface area contributed by atoms with Crippen LogP contribution in [0.3, 0.4) is 0 Å². The van der Waals surface area contributed by atoms with Gasteiger partial charge in [-0.2, -0.15) is 5.10 Å². The van der Waals surface area contributed by atoms with Crippen molar-refractivity contribution in [3.8, 4) is 5.69 Å². The second-order valence-corrected chi connectivity index (χ2v) is 8.33. The van der Waals surface area contributed by atoms with Gasteiger partial charge in [0.2, 0.25) is 0 Å². The molecule has 1 aliphatic heterocycles. The summed E-state index contributed by atoms with van der Waals surface area (Å²) in [7, 11) is -1.04. The van der Waals surface area contributed by atoms with Gasteiger partial charge in [-0.05, 0) is 41.1 Å². The number of hydrogen-bond donors (Lipinski definition) is 1. The van der Waals surface area contributed by atoms with Crippen LogP contribution in [0.5, 0.6) is 0 Å². The van der Waals surface area contributed by atoms with Gasteiger partial charge in [0.15, 0.2) is 0 Å². The Morgan fingerprint density at radius 3 is 2.59 bits per heavy atom. The van der Waals surface area contributed by atoms with Crippen LogP contribution in [0.25, 0.3) is 16.5 Å². The number of rotatable bonds is 3. The number of halogens is 1. The van der Waals surface area contributed by atoms with Gasteiger partial charge in [-0.25, -0.2) is 9.07 Å². The Labute approximate surface area is 168 Å². The van der Waals surface area contributed by atoms with E-state index in [-0.39, 0.29) is 11.7 Å². The molecular weight excluding hydrogens is 389 g/mol. The Hall–Kier alpha value is -3.32. The quantitative estimate of drug-likeness (QED) is 0.556. The molecule has 1 N–H and O–H groups in total. The number of hydrogen-bond acceptors (Lipinski definition) is 3. The van der Waals surface area contributed by atoms with E-state index in [0.717, 1.165) is 16.3 Å². The van der Waals surface area contributed by atoms with Crippen molar-refractivity contribution in [2.24, 2.45) is 0 Å². The van der Waals surface area contributed by atoms with Crippen molar-refractivity contribution < 1.29 is 13.4 Å². The lowest BCUT2D eigenvalue weighted by atomic mass is 10.0. The summed E-state index contributed by atoms with van der Waals surface area (Å²) in [5.41, 5.74) is 2.63. The highest BCUT2D eigenvalue weighted by molar-refractivity contribution is 7.83.